The van der Waals surface area contributed by atoms with Crippen molar-refractivity contribution in [1.29, 1.82) is 0 Å². The molecule has 3 fully saturated rings. The minimum absolute atomic E-state index is 0.0296. The van der Waals surface area contributed by atoms with Gasteiger partial charge >= 0.3 is 30.0 Å². The Hall–Kier alpha value is -6.48. The smallest absolute Gasteiger partial charge is 0.456 e. The number of amides is 1. The molecule has 1 aliphatic heterocycles. The van der Waals surface area contributed by atoms with Crippen LogP contribution in [0.3, 0.4) is 0 Å². The SMILES string of the molecule is CC(=O)O[C@@]12CO[C@@H]1C[C@H](O)[C@@]1(C)C(=O)[C@H](OC(=O)OCOC(=O)COCCOCCSSc3ccccn3)C3=C(C)[C@@H](OC(=O)[C@H](O[Si](C)(C)C(C)(C)C)[C@@H](NC(=O)c4ccccc4)c4ccccc4)C[C@@](O)([C@@H](OC(=O)c4ccccc4)[C@H]21)C3(C)C. The molecule has 0 unspecified atom stereocenters. The van der Waals surface area contributed by atoms with Crippen LogP contribution >= 0.6 is 21.6 Å². The fourth-order valence-electron chi connectivity index (χ4n) is 11.9. The molecule has 11 atom stereocenters. The summed E-state index contributed by atoms with van der Waals surface area (Å²) in [6, 6.07) is 29.4. The van der Waals surface area contributed by atoms with Crippen molar-refractivity contribution in [2.24, 2.45) is 16.7 Å². The normalized spacial score (nSPS) is 26.2. The highest BCUT2D eigenvalue weighted by Gasteiger charge is 2.78. The first kappa shape index (κ1) is 67.4. The Labute approximate surface area is 521 Å². The number of aromatic nitrogens is 1. The first-order valence-corrected chi connectivity index (χ1v) is 34.3. The van der Waals surface area contributed by atoms with Crippen molar-refractivity contribution < 1.29 is 90.8 Å². The lowest BCUT2D eigenvalue weighted by Crippen LogP contribution is -2.82. The molecule has 2 heterocycles. The second-order valence-electron chi connectivity index (χ2n) is 24.5. The number of nitrogens with one attached hydrogen (secondary N) is 1. The Morgan fingerprint density at radius 1 is 0.830 bits per heavy atom. The molecule has 0 radical (unpaired) electrons. The third-order valence-electron chi connectivity index (χ3n) is 17.7. The van der Waals surface area contributed by atoms with Gasteiger partial charge in [0.2, 0.25) is 6.79 Å². The topological polar surface area (TPSA) is 277 Å². The quantitative estimate of drug-likeness (QED) is 0.0112. The van der Waals surface area contributed by atoms with Gasteiger partial charge in [0.25, 0.3) is 5.91 Å². The lowest BCUT2D eigenvalue weighted by molar-refractivity contribution is -0.346. The molecule has 3 aliphatic carbocycles. The summed E-state index contributed by atoms with van der Waals surface area (Å²) in [6.45, 7) is 15.5. The van der Waals surface area contributed by atoms with E-state index in [4.69, 9.17) is 47.1 Å². The van der Waals surface area contributed by atoms with Gasteiger partial charge in [0.1, 0.15) is 35.5 Å². The van der Waals surface area contributed by atoms with Crippen LogP contribution in [0, 0.1) is 16.7 Å². The Balaban J connectivity index is 1.16. The summed E-state index contributed by atoms with van der Waals surface area (Å²) in [5, 5.41) is 30.2. The molecule has 3 aromatic carbocycles. The molecule has 3 N–H and O–H groups in total. The van der Waals surface area contributed by atoms with Gasteiger partial charge in [-0.25, -0.2) is 24.2 Å². The highest BCUT2D eigenvalue weighted by molar-refractivity contribution is 8.76. The second-order valence-corrected chi connectivity index (χ2v) is 31.7. The first-order valence-electron chi connectivity index (χ1n) is 29.0. The molecule has 0 spiro atoms. The highest BCUT2D eigenvalue weighted by atomic mass is 33.1. The van der Waals surface area contributed by atoms with Crippen molar-refractivity contribution in [2.75, 3.05) is 45.6 Å². The zero-order valence-electron chi connectivity index (χ0n) is 51.1. The second kappa shape index (κ2) is 28.1. The van der Waals surface area contributed by atoms with Gasteiger partial charge in [-0.15, -0.1) is 0 Å². The number of pyridine rings is 1. The Morgan fingerprint density at radius 3 is 2.08 bits per heavy atom. The van der Waals surface area contributed by atoms with Crippen molar-refractivity contribution in [2.45, 2.75) is 145 Å². The number of carbonyl (C=O) groups is 7. The monoisotopic (exact) mass is 1270 g/mol. The van der Waals surface area contributed by atoms with E-state index in [2.05, 4.69) is 10.3 Å². The van der Waals surface area contributed by atoms with Crippen LogP contribution in [-0.2, 0) is 66.2 Å². The molecule has 474 valence electrons. The molecule has 4 aromatic rings. The highest BCUT2D eigenvalue weighted by Crippen LogP contribution is 2.64. The van der Waals surface area contributed by atoms with Crippen LogP contribution < -0.4 is 5.32 Å². The van der Waals surface area contributed by atoms with Gasteiger partial charge in [0.15, 0.2) is 31.9 Å². The van der Waals surface area contributed by atoms with Crippen molar-refractivity contribution in [3.8, 4) is 0 Å². The van der Waals surface area contributed by atoms with Crippen LogP contribution in [0.5, 0.6) is 0 Å². The molecule has 8 rings (SSSR count). The van der Waals surface area contributed by atoms with E-state index in [-0.39, 0.29) is 36.3 Å². The molecule has 1 aromatic heterocycles. The fourth-order valence-corrected chi connectivity index (χ4v) is 14.9. The van der Waals surface area contributed by atoms with E-state index in [1.54, 1.807) is 95.9 Å². The summed E-state index contributed by atoms with van der Waals surface area (Å²) in [5.74, 6) is -6.32. The van der Waals surface area contributed by atoms with Crippen LogP contribution in [0.4, 0.5) is 4.79 Å². The lowest BCUT2D eigenvalue weighted by atomic mass is 9.44. The van der Waals surface area contributed by atoms with Gasteiger partial charge in [-0.2, -0.15) is 0 Å². The number of ketones is 1. The Morgan fingerprint density at radius 2 is 1.47 bits per heavy atom. The molecule has 24 heteroatoms. The van der Waals surface area contributed by atoms with E-state index in [0.29, 0.717) is 23.5 Å². The molecule has 2 bridgehead atoms. The van der Waals surface area contributed by atoms with Crippen molar-refractivity contribution in [3.63, 3.8) is 0 Å². The average molecular weight is 1270 g/mol. The van der Waals surface area contributed by atoms with Crippen LogP contribution in [0.1, 0.15) is 101 Å². The summed E-state index contributed by atoms with van der Waals surface area (Å²) in [4.78, 5) is 106. The van der Waals surface area contributed by atoms with E-state index in [1.807, 2.05) is 52.1 Å². The predicted molar refractivity (Wildman–Crippen MR) is 325 cm³/mol. The average Bonchev–Trinajstić information content (AvgIpc) is 0.673. The molecular weight excluding hydrogens is 1190 g/mol. The molecule has 2 saturated carbocycles. The van der Waals surface area contributed by atoms with Crippen molar-refractivity contribution >= 4 is 71.6 Å². The number of fused-ring (bicyclic) bond motifs is 5. The number of esters is 4. The van der Waals surface area contributed by atoms with Gasteiger partial charge in [-0.1, -0.05) is 118 Å². The number of benzene rings is 3. The van der Waals surface area contributed by atoms with Crippen LogP contribution in [0.25, 0.3) is 0 Å². The molecule has 21 nitrogen and oxygen atoms in total. The van der Waals surface area contributed by atoms with Gasteiger partial charge in [-0.3, -0.25) is 14.4 Å². The van der Waals surface area contributed by atoms with E-state index in [1.165, 1.54) is 50.6 Å². The number of hydrogen-bond acceptors (Lipinski definition) is 22. The molecular formula is C64H78N2O19S2Si. The number of Topliss-reactive ketones (excluding diaryl/α,β-unsaturated/α-hetero) is 1. The third kappa shape index (κ3) is 14.4. The number of ether oxygens (including phenoxy) is 9. The van der Waals surface area contributed by atoms with Crippen molar-refractivity contribution in [1.82, 2.24) is 10.3 Å². The standard InChI is InChI=1S/C64H78N2O19S2Si/c1-39-44(81-58(73)52(85-88(9,10)60(3,4)5)50(41-22-14-11-15-23-41)66-56(71)42-24-16-12-17-25-42)35-64(75)55(83-57(72)43-26-18-13-19-27-43)53-62(8,45(68)34-46-63(53,37-78-46)84-40(2)67)54(70)51(49(39)61(64,6)7)82-59(74)80-38-79-48(69)36-77-31-30-76-32-33-86-87-47-28-20-21-29-65-47/h11-29,44-46,50-53,55,68,75H,30-38H2,1-10H3,(H,66,71)/t44-,45-,46+,50-,51+,52+,53-,55-,62+,63-,64+/m0/s1. The summed E-state index contributed by atoms with van der Waals surface area (Å²) < 4.78 is 60.0. The first-order chi connectivity index (χ1) is 41.7. The lowest BCUT2D eigenvalue weighted by Gasteiger charge is -2.67. The number of rotatable bonds is 24. The summed E-state index contributed by atoms with van der Waals surface area (Å²) >= 11 is 0. The zero-order chi connectivity index (χ0) is 63.8. The number of aliphatic hydroxyl groups excluding tert-OH is 1. The molecule has 4 aliphatic rings. The minimum Gasteiger partial charge on any atom is -0.456 e. The van der Waals surface area contributed by atoms with E-state index >= 15 is 9.59 Å². The van der Waals surface area contributed by atoms with Crippen molar-refractivity contribution in [3.05, 3.63) is 143 Å². The zero-order valence-corrected chi connectivity index (χ0v) is 53.7. The van der Waals surface area contributed by atoms with Gasteiger partial charge < -0.3 is 62.6 Å². The molecule has 1 amide bonds. The number of hydrogen-bond donors (Lipinski definition) is 3. The maximum atomic E-state index is 16.3. The molecule has 88 heavy (non-hydrogen) atoms. The van der Waals surface area contributed by atoms with Gasteiger partial charge in [0.05, 0.1) is 55.5 Å². The predicted octanol–water partition coefficient (Wildman–Crippen LogP) is 8.72. The maximum absolute atomic E-state index is 16.3. The van der Waals surface area contributed by atoms with E-state index in [9.17, 15) is 34.2 Å². The summed E-state index contributed by atoms with van der Waals surface area (Å²) in [5.41, 5.74) is -7.77. The van der Waals surface area contributed by atoms with E-state index < -0.39 is 152 Å². The third-order valence-corrected chi connectivity index (χ3v) is 24.4. The van der Waals surface area contributed by atoms with E-state index in [0.717, 1.165) is 11.9 Å². The summed E-state index contributed by atoms with van der Waals surface area (Å²) in [7, 11) is 0.0551. The van der Waals surface area contributed by atoms with Crippen LogP contribution in [0.15, 0.2) is 132 Å². The number of aliphatic hydroxyl groups is 2. The van der Waals surface area contributed by atoms with Crippen LogP contribution in [-0.4, -0.2) is 159 Å². The fraction of sp³-hybridized carbons (Fsp3) is 0.500. The number of carbonyl (C=O) groups excluding carboxylic acids is 7. The minimum atomic E-state index is -3.03. The largest absolute Gasteiger partial charge is 0.512 e. The van der Waals surface area contributed by atoms with Gasteiger partial charge in [-0.05, 0) is 95.9 Å². The maximum Gasteiger partial charge on any atom is 0.512 e. The van der Waals surface area contributed by atoms with Gasteiger partial charge in [0, 0.05) is 42.7 Å². The Bertz CT molecular complexity index is 3170. The number of nitrogens with zero attached hydrogens (tertiary/aromatic N) is 1. The molecule has 1 saturated heterocycles. The Kier molecular flexibility index (Phi) is 21.6. The summed E-state index contributed by atoms with van der Waals surface area (Å²) in [6.07, 6.45) is -10.8. The van der Waals surface area contributed by atoms with Crippen LogP contribution in [0.2, 0.25) is 18.1 Å².